The predicted molar refractivity (Wildman–Crippen MR) is 60.6 cm³/mol. The van der Waals surface area contributed by atoms with Gasteiger partial charge in [-0.05, 0) is 25.5 Å². The minimum atomic E-state index is 0.570. The summed E-state index contributed by atoms with van der Waals surface area (Å²) in [6.45, 7) is 9.57. The molecule has 0 saturated heterocycles. The van der Waals surface area contributed by atoms with Gasteiger partial charge in [-0.25, -0.2) is 0 Å². The molecule has 1 N–H and O–H groups in total. The molecule has 3 heteroatoms. The monoisotopic (exact) mass is 211 g/mol. The summed E-state index contributed by atoms with van der Waals surface area (Å²) >= 11 is 0. The molecule has 1 heterocycles. The fourth-order valence-corrected chi connectivity index (χ4v) is 1.30. The molecule has 3 nitrogen and oxygen atoms in total. The normalized spacial score (nSPS) is 11.2. The molecule has 15 heavy (non-hydrogen) atoms. The van der Waals surface area contributed by atoms with Crippen LogP contribution in [0.4, 0.5) is 0 Å². The van der Waals surface area contributed by atoms with Crippen molar-refractivity contribution in [3.63, 3.8) is 0 Å². The van der Waals surface area contributed by atoms with E-state index in [0.29, 0.717) is 12.5 Å². The molecular formula is C12H21NO2. The van der Waals surface area contributed by atoms with Gasteiger partial charge in [-0.3, -0.25) is 0 Å². The molecular weight excluding hydrogens is 190 g/mol. The minimum absolute atomic E-state index is 0.570. The Bertz CT molecular complexity index is 268. The van der Waals surface area contributed by atoms with Crippen molar-refractivity contribution in [2.75, 3.05) is 13.2 Å². The van der Waals surface area contributed by atoms with Crippen molar-refractivity contribution >= 4 is 0 Å². The number of hydrogen-bond donors (Lipinski definition) is 1. The Balaban J connectivity index is 2.26. The zero-order chi connectivity index (χ0) is 11.1. The Hall–Kier alpha value is -0.800. The lowest BCUT2D eigenvalue weighted by molar-refractivity contribution is 0.118. The van der Waals surface area contributed by atoms with Gasteiger partial charge in [-0.15, -0.1) is 0 Å². The van der Waals surface area contributed by atoms with Crippen LogP contribution in [0, 0.1) is 5.92 Å². The molecule has 0 unspecified atom stereocenters. The Morgan fingerprint density at radius 3 is 2.93 bits per heavy atom. The summed E-state index contributed by atoms with van der Waals surface area (Å²) in [6.07, 6.45) is 1.79. The highest BCUT2D eigenvalue weighted by Gasteiger charge is 2.01. The second kappa shape index (κ2) is 6.64. The van der Waals surface area contributed by atoms with Crippen LogP contribution in [0.5, 0.6) is 0 Å². The van der Waals surface area contributed by atoms with Crippen molar-refractivity contribution in [1.82, 2.24) is 5.32 Å². The molecule has 0 saturated carbocycles. The van der Waals surface area contributed by atoms with Gasteiger partial charge >= 0.3 is 0 Å². The van der Waals surface area contributed by atoms with Crippen molar-refractivity contribution in [1.29, 1.82) is 0 Å². The number of rotatable bonds is 7. The standard InChI is InChI=1S/C12H21NO2/c1-4-14-9-12-5-11(8-15-12)7-13-6-10(2)3/h5,8,10,13H,4,6-7,9H2,1-3H3. The quantitative estimate of drug-likeness (QED) is 0.752. The molecule has 86 valence electrons. The molecule has 1 aromatic rings. The number of nitrogens with one attached hydrogen (secondary N) is 1. The van der Waals surface area contributed by atoms with Crippen LogP contribution < -0.4 is 5.32 Å². The predicted octanol–water partition coefficient (Wildman–Crippen LogP) is 2.56. The largest absolute Gasteiger partial charge is 0.467 e. The van der Waals surface area contributed by atoms with E-state index in [9.17, 15) is 0 Å². The number of ether oxygens (including phenoxy) is 1. The Morgan fingerprint density at radius 1 is 1.47 bits per heavy atom. The highest BCUT2D eigenvalue weighted by Crippen LogP contribution is 2.08. The van der Waals surface area contributed by atoms with Gasteiger partial charge in [0.25, 0.3) is 0 Å². The van der Waals surface area contributed by atoms with E-state index in [0.717, 1.165) is 25.5 Å². The first-order valence-electron chi connectivity index (χ1n) is 5.57. The van der Waals surface area contributed by atoms with E-state index < -0.39 is 0 Å². The summed E-state index contributed by atoms with van der Waals surface area (Å²) in [5, 5.41) is 3.37. The van der Waals surface area contributed by atoms with Gasteiger partial charge in [0.2, 0.25) is 0 Å². The first-order valence-corrected chi connectivity index (χ1v) is 5.57. The summed E-state index contributed by atoms with van der Waals surface area (Å²) in [5.74, 6) is 1.58. The van der Waals surface area contributed by atoms with Crippen LogP contribution in [0.1, 0.15) is 32.1 Å². The molecule has 0 aromatic carbocycles. The molecule has 0 bridgehead atoms. The molecule has 0 fully saturated rings. The molecule has 0 radical (unpaired) electrons. The lowest BCUT2D eigenvalue weighted by Gasteiger charge is -2.04. The lowest BCUT2D eigenvalue weighted by atomic mass is 10.2. The first-order chi connectivity index (χ1) is 7.22. The lowest BCUT2D eigenvalue weighted by Crippen LogP contribution is -2.18. The Labute approximate surface area is 91.8 Å². The topological polar surface area (TPSA) is 34.4 Å². The van der Waals surface area contributed by atoms with Crippen LogP contribution in [-0.2, 0) is 17.9 Å². The van der Waals surface area contributed by atoms with Gasteiger partial charge in [0.1, 0.15) is 12.4 Å². The van der Waals surface area contributed by atoms with Gasteiger partial charge in [-0.2, -0.15) is 0 Å². The third-order valence-corrected chi connectivity index (χ3v) is 2.04. The zero-order valence-corrected chi connectivity index (χ0v) is 9.88. The first kappa shape index (κ1) is 12.3. The molecule has 0 amide bonds. The summed E-state index contributed by atoms with van der Waals surface area (Å²) in [4.78, 5) is 0. The van der Waals surface area contributed by atoms with E-state index in [4.69, 9.17) is 9.15 Å². The second-order valence-corrected chi connectivity index (χ2v) is 4.08. The van der Waals surface area contributed by atoms with Crippen molar-refractivity contribution in [2.45, 2.75) is 33.9 Å². The average molecular weight is 211 g/mol. The van der Waals surface area contributed by atoms with Gasteiger partial charge in [0.15, 0.2) is 0 Å². The van der Waals surface area contributed by atoms with Crippen molar-refractivity contribution in [3.8, 4) is 0 Å². The van der Waals surface area contributed by atoms with Crippen LogP contribution in [0.25, 0.3) is 0 Å². The van der Waals surface area contributed by atoms with E-state index in [1.54, 1.807) is 6.26 Å². The van der Waals surface area contributed by atoms with Gasteiger partial charge in [0.05, 0.1) is 6.26 Å². The minimum Gasteiger partial charge on any atom is -0.467 e. The zero-order valence-electron chi connectivity index (χ0n) is 9.88. The van der Waals surface area contributed by atoms with Gasteiger partial charge in [0, 0.05) is 18.7 Å². The highest BCUT2D eigenvalue weighted by molar-refractivity contribution is 5.11. The SMILES string of the molecule is CCOCc1cc(CNCC(C)C)co1. The molecule has 0 aliphatic rings. The van der Waals surface area contributed by atoms with Gasteiger partial charge in [-0.1, -0.05) is 13.8 Å². The molecule has 0 atom stereocenters. The smallest absolute Gasteiger partial charge is 0.129 e. The van der Waals surface area contributed by atoms with Crippen molar-refractivity contribution in [3.05, 3.63) is 23.7 Å². The summed E-state index contributed by atoms with van der Waals surface area (Å²) in [5.41, 5.74) is 1.19. The summed E-state index contributed by atoms with van der Waals surface area (Å²) in [6, 6.07) is 2.04. The van der Waals surface area contributed by atoms with Gasteiger partial charge < -0.3 is 14.5 Å². The number of hydrogen-bond acceptors (Lipinski definition) is 3. The fourth-order valence-electron chi connectivity index (χ4n) is 1.30. The molecule has 0 aliphatic carbocycles. The van der Waals surface area contributed by atoms with E-state index in [1.807, 2.05) is 13.0 Å². The molecule has 0 spiro atoms. The van der Waals surface area contributed by atoms with Crippen molar-refractivity contribution < 1.29 is 9.15 Å². The summed E-state index contributed by atoms with van der Waals surface area (Å²) < 4.78 is 10.6. The Morgan fingerprint density at radius 2 is 2.27 bits per heavy atom. The van der Waals surface area contributed by atoms with E-state index in [-0.39, 0.29) is 0 Å². The maximum absolute atomic E-state index is 5.36. The fraction of sp³-hybridized carbons (Fsp3) is 0.667. The van der Waals surface area contributed by atoms with Crippen LogP contribution >= 0.6 is 0 Å². The highest BCUT2D eigenvalue weighted by atomic mass is 16.5. The Kier molecular flexibility index (Phi) is 5.43. The second-order valence-electron chi connectivity index (χ2n) is 4.08. The third-order valence-electron chi connectivity index (χ3n) is 2.04. The van der Waals surface area contributed by atoms with Crippen LogP contribution in [0.15, 0.2) is 16.7 Å². The van der Waals surface area contributed by atoms with Crippen LogP contribution in [-0.4, -0.2) is 13.2 Å². The van der Waals surface area contributed by atoms with E-state index >= 15 is 0 Å². The molecule has 1 rings (SSSR count). The average Bonchev–Trinajstić information content (AvgIpc) is 2.62. The van der Waals surface area contributed by atoms with E-state index in [2.05, 4.69) is 19.2 Å². The maximum Gasteiger partial charge on any atom is 0.129 e. The van der Waals surface area contributed by atoms with Crippen LogP contribution in [0.2, 0.25) is 0 Å². The summed E-state index contributed by atoms with van der Waals surface area (Å²) in [7, 11) is 0. The number of furan rings is 1. The molecule has 0 aliphatic heterocycles. The maximum atomic E-state index is 5.36. The van der Waals surface area contributed by atoms with Crippen LogP contribution in [0.3, 0.4) is 0 Å². The van der Waals surface area contributed by atoms with Crippen molar-refractivity contribution in [2.24, 2.45) is 5.92 Å². The van der Waals surface area contributed by atoms with E-state index in [1.165, 1.54) is 5.56 Å². The molecule has 1 aromatic heterocycles. The third kappa shape index (κ3) is 5.00.